The maximum atomic E-state index is 11.8. The number of carbonyl (C=O) groups excluding carboxylic acids is 1. The molecule has 18 heavy (non-hydrogen) atoms. The number of benzene rings is 1. The SMILES string of the molecule is O=C(CC1CNCCO1)Nc1ccc(Cl)cc1Br. The second-order valence-electron chi connectivity index (χ2n) is 4.07. The maximum Gasteiger partial charge on any atom is 0.227 e. The standard InChI is InChI=1S/C12H14BrClN2O2/c13-10-5-8(14)1-2-11(10)16-12(17)6-9-7-15-3-4-18-9/h1-2,5,9,15H,3-4,6-7H2,(H,16,17). The van der Waals surface area contributed by atoms with Crippen LogP contribution in [0.1, 0.15) is 6.42 Å². The summed E-state index contributed by atoms with van der Waals surface area (Å²) in [4.78, 5) is 11.8. The molecule has 2 N–H and O–H groups in total. The molecule has 1 unspecified atom stereocenters. The molecule has 1 aromatic rings. The highest BCUT2D eigenvalue weighted by Crippen LogP contribution is 2.26. The summed E-state index contributed by atoms with van der Waals surface area (Å²) >= 11 is 9.20. The molecular formula is C12H14BrClN2O2. The Hall–Kier alpha value is -0.620. The summed E-state index contributed by atoms with van der Waals surface area (Å²) in [6.45, 7) is 2.22. The molecular weight excluding hydrogens is 320 g/mol. The van der Waals surface area contributed by atoms with Gasteiger partial charge in [0.2, 0.25) is 5.91 Å². The van der Waals surface area contributed by atoms with Gasteiger partial charge in [0.25, 0.3) is 0 Å². The lowest BCUT2D eigenvalue weighted by atomic mass is 10.2. The minimum Gasteiger partial charge on any atom is -0.375 e. The minimum absolute atomic E-state index is 0.0511. The van der Waals surface area contributed by atoms with Crippen LogP contribution in [0.2, 0.25) is 5.02 Å². The third-order valence-electron chi connectivity index (χ3n) is 2.62. The lowest BCUT2D eigenvalue weighted by Gasteiger charge is -2.23. The van der Waals surface area contributed by atoms with Gasteiger partial charge < -0.3 is 15.4 Å². The van der Waals surface area contributed by atoms with Crippen molar-refractivity contribution in [3.8, 4) is 0 Å². The predicted octanol–water partition coefficient (Wildman–Crippen LogP) is 2.42. The largest absolute Gasteiger partial charge is 0.375 e. The van der Waals surface area contributed by atoms with E-state index < -0.39 is 0 Å². The van der Waals surface area contributed by atoms with Gasteiger partial charge in [0, 0.05) is 22.6 Å². The molecule has 0 aromatic heterocycles. The zero-order valence-corrected chi connectivity index (χ0v) is 12.1. The second-order valence-corrected chi connectivity index (χ2v) is 5.36. The molecule has 0 aliphatic carbocycles. The first-order valence-corrected chi connectivity index (χ1v) is 6.89. The molecule has 1 aromatic carbocycles. The van der Waals surface area contributed by atoms with Crippen molar-refractivity contribution in [2.45, 2.75) is 12.5 Å². The number of rotatable bonds is 3. The molecule has 1 atom stereocenters. The highest BCUT2D eigenvalue weighted by atomic mass is 79.9. The third kappa shape index (κ3) is 3.95. The van der Waals surface area contributed by atoms with Gasteiger partial charge in [0.1, 0.15) is 0 Å². The van der Waals surface area contributed by atoms with Crippen LogP contribution in [0.15, 0.2) is 22.7 Å². The molecule has 1 saturated heterocycles. The molecule has 0 spiro atoms. The molecule has 1 aliphatic rings. The lowest BCUT2D eigenvalue weighted by Crippen LogP contribution is -2.40. The van der Waals surface area contributed by atoms with Crippen LogP contribution in [0.25, 0.3) is 0 Å². The van der Waals surface area contributed by atoms with Gasteiger partial charge in [-0.3, -0.25) is 4.79 Å². The lowest BCUT2D eigenvalue weighted by molar-refractivity contribution is -0.119. The molecule has 0 saturated carbocycles. The number of ether oxygens (including phenoxy) is 1. The zero-order valence-electron chi connectivity index (χ0n) is 9.71. The molecule has 1 aliphatic heterocycles. The summed E-state index contributed by atoms with van der Waals surface area (Å²) in [6.07, 6.45) is 0.298. The highest BCUT2D eigenvalue weighted by molar-refractivity contribution is 9.10. The molecule has 2 rings (SSSR count). The topological polar surface area (TPSA) is 50.4 Å². The van der Waals surface area contributed by atoms with Crippen LogP contribution in [-0.2, 0) is 9.53 Å². The van der Waals surface area contributed by atoms with Crippen LogP contribution in [0.5, 0.6) is 0 Å². The Morgan fingerprint density at radius 3 is 3.11 bits per heavy atom. The molecule has 1 amide bonds. The van der Waals surface area contributed by atoms with E-state index in [1.165, 1.54) is 0 Å². The summed E-state index contributed by atoms with van der Waals surface area (Å²) in [5.41, 5.74) is 0.716. The van der Waals surface area contributed by atoms with Crippen LogP contribution in [-0.4, -0.2) is 31.7 Å². The van der Waals surface area contributed by atoms with Crippen molar-refractivity contribution in [1.82, 2.24) is 5.32 Å². The molecule has 0 bridgehead atoms. The Morgan fingerprint density at radius 1 is 1.61 bits per heavy atom. The van der Waals surface area contributed by atoms with E-state index in [2.05, 4.69) is 26.6 Å². The van der Waals surface area contributed by atoms with Gasteiger partial charge >= 0.3 is 0 Å². The van der Waals surface area contributed by atoms with Gasteiger partial charge in [-0.05, 0) is 34.1 Å². The highest BCUT2D eigenvalue weighted by Gasteiger charge is 2.17. The van der Waals surface area contributed by atoms with E-state index in [4.69, 9.17) is 16.3 Å². The maximum absolute atomic E-state index is 11.8. The average molecular weight is 334 g/mol. The number of carbonyl (C=O) groups is 1. The van der Waals surface area contributed by atoms with Gasteiger partial charge in [-0.2, -0.15) is 0 Å². The fourth-order valence-electron chi connectivity index (χ4n) is 1.75. The zero-order chi connectivity index (χ0) is 13.0. The van der Waals surface area contributed by atoms with Crippen LogP contribution >= 0.6 is 27.5 Å². The molecule has 1 heterocycles. The quantitative estimate of drug-likeness (QED) is 0.893. The first-order chi connectivity index (χ1) is 8.65. The number of anilines is 1. The Bertz CT molecular complexity index is 436. The summed E-state index contributed by atoms with van der Waals surface area (Å²) in [5, 5.41) is 6.65. The van der Waals surface area contributed by atoms with Gasteiger partial charge in [0.15, 0.2) is 0 Å². The molecule has 98 valence electrons. The van der Waals surface area contributed by atoms with Gasteiger partial charge in [-0.25, -0.2) is 0 Å². The number of morpholine rings is 1. The van der Waals surface area contributed by atoms with Crippen LogP contribution in [0.4, 0.5) is 5.69 Å². The number of hydrogen-bond acceptors (Lipinski definition) is 3. The van der Waals surface area contributed by atoms with E-state index in [-0.39, 0.29) is 12.0 Å². The Labute approximate surface area is 119 Å². The fraction of sp³-hybridized carbons (Fsp3) is 0.417. The van der Waals surface area contributed by atoms with Crippen LogP contribution in [0.3, 0.4) is 0 Å². The summed E-state index contributed by atoms with van der Waals surface area (Å²) in [7, 11) is 0. The van der Waals surface area contributed by atoms with E-state index in [9.17, 15) is 4.79 Å². The smallest absolute Gasteiger partial charge is 0.227 e. The van der Waals surface area contributed by atoms with Crippen molar-refractivity contribution in [3.05, 3.63) is 27.7 Å². The second kappa shape index (κ2) is 6.52. The van der Waals surface area contributed by atoms with Crippen LogP contribution in [0, 0.1) is 0 Å². The molecule has 1 fully saturated rings. The van der Waals surface area contributed by atoms with E-state index in [0.717, 1.165) is 17.6 Å². The van der Waals surface area contributed by atoms with Crippen molar-refractivity contribution in [2.75, 3.05) is 25.0 Å². The monoisotopic (exact) mass is 332 g/mol. The van der Waals surface area contributed by atoms with Crippen molar-refractivity contribution in [3.63, 3.8) is 0 Å². The number of hydrogen-bond donors (Lipinski definition) is 2. The van der Waals surface area contributed by atoms with Gasteiger partial charge in [0.05, 0.1) is 24.8 Å². The fourth-order valence-corrected chi connectivity index (χ4v) is 2.53. The van der Waals surface area contributed by atoms with E-state index in [1.807, 2.05) is 0 Å². The third-order valence-corrected chi connectivity index (χ3v) is 3.51. The first-order valence-electron chi connectivity index (χ1n) is 5.72. The van der Waals surface area contributed by atoms with Gasteiger partial charge in [-0.1, -0.05) is 11.6 Å². The van der Waals surface area contributed by atoms with Gasteiger partial charge in [-0.15, -0.1) is 0 Å². The molecule has 0 radical (unpaired) electrons. The van der Waals surface area contributed by atoms with Crippen molar-refractivity contribution in [2.24, 2.45) is 0 Å². The van der Waals surface area contributed by atoms with E-state index in [0.29, 0.717) is 23.7 Å². The molecule has 6 heteroatoms. The Kier molecular flexibility index (Phi) is 5.00. The van der Waals surface area contributed by atoms with E-state index in [1.54, 1.807) is 18.2 Å². The summed E-state index contributed by atoms with van der Waals surface area (Å²) < 4.78 is 6.25. The summed E-state index contributed by atoms with van der Waals surface area (Å²) in [6, 6.07) is 5.25. The predicted molar refractivity (Wildman–Crippen MR) is 75.0 cm³/mol. The number of halogens is 2. The van der Waals surface area contributed by atoms with Crippen molar-refractivity contribution >= 4 is 39.1 Å². The number of amides is 1. The Balaban J connectivity index is 1.90. The average Bonchev–Trinajstić information content (AvgIpc) is 2.34. The molecule has 4 nitrogen and oxygen atoms in total. The van der Waals surface area contributed by atoms with Crippen molar-refractivity contribution < 1.29 is 9.53 Å². The first kappa shape index (κ1) is 13.8. The normalized spacial score (nSPS) is 19.6. The number of nitrogens with one attached hydrogen (secondary N) is 2. The Morgan fingerprint density at radius 2 is 2.44 bits per heavy atom. The van der Waals surface area contributed by atoms with E-state index >= 15 is 0 Å². The van der Waals surface area contributed by atoms with Crippen molar-refractivity contribution in [1.29, 1.82) is 0 Å². The summed E-state index contributed by atoms with van der Waals surface area (Å²) in [5.74, 6) is -0.0632. The minimum atomic E-state index is -0.0632. The van der Waals surface area contributed by atoms with Crippen LogP contribution < -0.4 is 10.6 Å².